The summed E-state index contributed by atoms with van der Waals surface area (Å²) in [4.78, 5) is 10.7. The lowest BCUT2D eigenvalue weighted by molar-refractivity contribution is 0.0693. The minimum Gasteiger partial charge on any atom is -0.506 e. The Balaban J connectivity index is 3.46. The second kappa shape index (κ2) is 3.98. The Morgan fingerprint density at radius 1 is 1.50 bits per heavy atom. The molecule has 0 spiro atoms. The fourth-order valence-corrected chi connectivity index (χ4v) is 1.21. The second-order valence-electron chi connectivity index (χ2n) is 2.71. The number of aromatic hydroxyl groups is 1. The molecule has 0 amide bonds. The van der Waals surface area contributed by atoms with E-state index in [4.69, 9.17) is 5.11 Å². The van der Waals surface area contributed by atoms with Crippen LogP contribution in [0.5, 0.6) is 5.75 Å². The fraction of sp³-hybridized carbons (Fsp3) is 0.100. The summed E-state index contributed by atoms with van der Waals surface area (Å²) < 4.78 is 0. The third-order valence-corrected chi connectivity index (χ3v) is 1.93. The minimum absolute atomic E-state index is 0.139. The number of benzene rings is 1. The Hall–Kier alpha value is -1.73. The van der Waals surface area contributed by atoms with Crippen LogP contribution in [-0.4, -0.2) is 26.4 Å². The summed E-state index contributed by atoms with van der Waals surface area (Å²) in [7, 11) is 2.94. The van der Waals surface area contributed by atoms with Crippen LogP contribution in [0.25, 0.3) is 0 Å². The van der Waals surface area contributed by atoms with Gasteiger partial charge in [-0.3, -0.25) is 0 Å². The number of aromatic carboxylic acids is 1. The number of phenols is 1. The zero-order chi connectivity index (χ0) is 10.7. The largest absolute Gasteiger partial charge is 0.506 e. The van der Waals surface area contributed by atoms with Crippen LogP contribution in [-0.2, 0) is 0 Å². The maximum absolute atomic E-state index is 10.7. The Kier molecular flexibility index (Phi) is 2.94. The Morgan fingerprint density at radius 2 is 2.14 bits per heavy atom. The molecule has 1 aromatic rings. The molecule has 1 aromatic carbocycles. The van der Waals surface area contributed by atoms with Crippen LogP contribution in [0.4, 0.5) is 0 Å². The molecule has 0 unspecified atom stereocenters. The van der Waals surface area contributed by atoms with E-state index in [2.05, 4.69) is 21.7 Å². The SMILES string of the molecule is Cc1ccc(C(=O)O)c(O)c1C#C[Si]. The second-order valence-corrected chi connectivity index (χ2v) is 2.96. The maximum atomic E-state index is 10.7. The van der Waals surface area contributed by atoms with E-state index in [1.807, 2.05) is 0 Å². The van der Waals surface area contributed by atoms with Crippen LogP contribution in [0.15, 0.2) is 12.1 Å². The molecule has 14 heavy (non-hydrogen) atoms. The van der Waals surface area contributed by atoms with Gasteiger partial charge in [-0.25, -0.2) is 4.79 Å². The topological polar surface area (TPSA) is 57.5 Å². The van der Waals surface area contributed by atoms with Crippen LogP contribution in [0.2, 0.25) is 0 Å². The number of aryl methyl sites for hydroxylation is 1. The quantitative estimate of drug-likeness (QED) is 0.526. The molecular weight excluding hydrogens is 196 g/mol. The summed E-state index contributed by atoms with van der Waals surface area (Å²) >= 11 is 0. The van der Waals surface area contributed by atoms with E-state index >= 15 is 0 Å². The number of carboxylic acids is 1. The van der Waals surface area contributed by atoms with Crippen LogP contribution < -0.4 is 0 Å². The number of hydrogen-bond donors (Lipinski definition) is 2. The summed E-state index contributed by atoms with van der Waals surface area (Å²) in [5, 5.41) is 18.3. The lowest BCUT2D eigenvalue weighted by Gasteiger charge is -2.04. The van der Waals surface area contributed by atoms with Gasteiger partial charge in [-0.05, 0) is 18.6 Å². The maximum Gasteiger partial charge on any atom is 0.339 e. The lowest BCUT2D eigenvalue weighted by atomic mass is 10.0. The molecule has 3 nitrogen and oxygen atoms in total. The van der Waals surface area contributed by atoms with E-state index in [0.717, 1.165) is 5.56 Å². The van der Waals surface area contributed by atoms with Crippen LogP contribution in [0.3, 0.4) is 0 Å². The van der Waals surface area contributed by atoms with Gasteiger partial charge in [0.25, 0.3) is 0 Å². The van der Waals surface area contributed by atoms with Crippen molar-refractivity contribution in [3.63, 3.8) is 0 Å². The summed E-state index contributed by atoms with van der Waals surface area (Å²) in [6, 6.07) is 2.96. The molecule has 0 heterocycles. The Morgan fingerprint density at radius 3 is 2.64 bits per heavy atom. The van der Waals surface area contributed by atoms with E-state index in [9.17, 15) is 9.90 Å². The van der Waals surface area contributed by atoms with Gasteiger partial charge in [0.2, 0.25) is 0 Å². The van der Waals surface area contributed by atoms with Crippen molar-refractivity contribution in [1.29, 1.82) is 0 Å². The highest BCUT2D eigenvalue weighted by molar-refractivity contribution is 6.22. The van der Waals surface area contributed by atoms with Crippen LogP contribution >= 0.6 is 0 Å². The molecule has 0 fully saturated rings. The highest BCUT2D eigenvalue weighted by atomic mass is 28.1. The van der Waals surface area contributed by atoms with E-state index in [1.54, 1.807) is 13.0 Å². The van der Waals surface area contributed by atoms with Crippen molar-refractivity contribution < 1.29 is 15.0 Å². The molecule has 3 radical (unpaired) electrons. The normalized spacial score (nSPS) is 9.00. The van der Waals surface area contributed by atoms with E-state index in [1.165, 1.54) is 6.07 Å². The van der Waals surface area contributed by atoms with Gasteiger partial charge < -0.3 is 10.2 Å². The summed E-state index contributed by atoms with van der Waals surface area (Å²) in [5.41, 5.74) is 3.36. The van der Waals surface area contributed by atoms with Gasteiger partial charge in [0.05, 0.1) is 5.56 Å². The van der Waals surface area contributed by atoms with Crippen molar-refractivity contribution in [3.05, 3.63) is 28.8 Å². The predicted molar refractivity (Wildman–Crippen MR) is 52.4 cm³/mol. The molecule has 2 N–H and O–H groups in total. The first kappa shape index (κ1) is 10.3. The van der Waals surface area contributed by atoms with Gasteiger partial charge in [0.1, 0.15) is 21.6 Å². The first-order valence-electron chi connectivity index (χ1n) is 3.81. The monoisotopic (exact) mass is 203 g/mol. The van der Waals surface area contributed by atoms with Crippen molar-refractivity contribution >= 4 is 16.2 Å². The van der Waals surface area contributed by atoms with Crippen molar-refractivity contribution in [2.45, 2.75) is 6.92 Å². The fourth-order valence-electron chi connectivity index (χ4n) is 1.08. The lowest BCUT2D eigenvalue weighted by Crippen LogP contribution is -1.99. The molecular formula is C10H7O3Si. The molecule has 0 aliphatic carbocycles. The molecule has 4 heteroatoms. The van der Waals surface area contributed by atoms with Gasteiger partial charge in [0, 0.05) is 0 Å². The third-order valence-electron chi connectivity index (χ3n) is 1.80. The van der Waals surface area contributed by atoms with Crippen LogP contribution in [0, 0.1) is 18.4 Å². The molecule has 0 aliphatic rings. The van der Waals surface area contributed by atoms with Crippen molar-refractivity contribution in [3.8, 4) is 17.2 Å². The highest BCUT2D eigenvalue weighted by Crippen LogP contribution is 2.24. The molecule has 0 saturated heterocycles. The smallest absolute Gasteiger partial charge is 0.339 e. The number of rotatable bonds is 1. The molecule has 0 aromatic heterocycles. The molecule has 1 rings (SSSR count). The van der Waals surface area contributed by atoms with Gasteiger partial charge in [-0.1, -0.05) is 12.0 Å². The van der Waals surface area contributed by atoms with E-state index < -0.39 is 5.97 Å². The standard InChI is InChI=1S/C10H7O3Si/c1-6-2-3-8(10(12)13)9(11)7(6)4-5-14/h2-3,11H,1H3,(H,12,13). The van der Waals surface area contributed by atoms with Gasteiger partial charge in [-0.2, -0.15) is 0 Å². The Bertz CT molecular complexity index is 441. The summed E-state index contributed by atoms with van der Waals surface area (Å²) in [5.74, 6) is 1.13. The van der Waals surface area contributed by atoms with Gasteiger partial charge in [-0.15, -0.1) is 5.54 Å². The molecule has 0 aliphatic heterocycles. The highest BCUT2D eigenvalue weighted by Gasteiger charge is 2.13. The summed E-state index contributed by atoms with van der Waals surface area (Å²) in [6.45, 7) is 1.75. The average Bonchev–Trinajstić information content (AvgIpc) is 2.11. The predicted octanol–water partition coefficient (Wildman–Crippen LogP) is 0.876. The molecule has 0 saturated carbocycles. The number of carboxylic acid groups (broad SMARTS) is 1. The first-order chi connectivity index (χ1) is 6.57. The van der Waals surface area contributed by atoms with Gasteiger partial charge in [0.15, 0.2) is 0 Å². The zero-order valence-electron chi connectivity index (χ0n) is 7.46. The number of carbonyl (C=O) groups is 1. The average molecular weight is 203 g/mol. The molecule has 0 atom stereocenters. The van der Waals surface area contributed by atoms with Crippen molar-refractivity contribution in [1.82, 2.24) is 0 Å². The van der Waals surface area contributed by atoms with Crippen LogP contribution in [0.1, 0.15) is 21.5 Å². The van der Waals surface area contributed by atoms with E-state index in [-0.39, 0.29) is 11.3 Å². The number of hydrogen-bond acceptors (Lipinski definition) is 2. The van der Waals surface area contributed by atoms with Crippen molar-refractivity contribution in [2.75, 3.05) is 0 Å². The third kappa shape index (κ3) is 1.78. The van der Waals surface area contributed by atoms with Crippen molar-refractivity contribution in [2.24, 2.45) is 0 Å². The zero-order valence-corrected chi connectivity index (χ0v) is 8.46. The van der Waals surface area contributed by atoms with E-state index in [0.29, 0.717) is 5.56 Å². The molecule has 69 valence electrons. The Labute approximate surface area is 84.8 Å². The molecule has 0 bridgehead atoms. The first-order valence-corrected chi connectivity index (χ1v) is 4.31. The minimum atomic E-state index is -1.17. The van der Waals surface area contributed by atoms with Gasteiger partial charge >= 0.3 is 5.97 Å². The summed E-state index contributed by atoms with van der Waals surface area (Å²) in [6.07, 6.45) is 0.